The van der Waals surface area contributed by atoms with Gasteiger partial charge in [0.1, 0.15) is 0 Å². The average Bonchev–Trinajstić information content (AvgIpc) is 3.31. The third-order valence-electron chi connectivity index (χ3n) is 6.67. The summed E-state index contributed by atoms with van der Waals surface area (Å²) in [5, 5.41) is 1.04. The zero-order valence-corrected chi connectivity index (χ0v) is 19.2. The van der Waals surface area contributed by atoms with Gasteiger partial charge in [-0.3, -0.25) is 9.78 Å². The van der Waals surface area contributed by atoms with Crippen LogP contribution in [0.1, 0.15) is 39.9 Å². The summed E-state index contributed by atoms with van der Waals surface area (Å²) >= 11 is 0. The largest absolute Gasteiger partial charge is 0.360 e. The molecule has 0 atom stereocenters. The molecule has 0 bridgehead atoms. The van der Waals surface area contributed by atoms with Crippen molar-refractivity contribution in [2.24, 2.45) is 0 Å². The van der Waals surface area contributed by atoms with Crippen LogP contribution in [-0.4, -0.2) is 47.3 Å². The van der Waals surface area contributed by atoms with E-state index < -0.39 is 9.84 Å². The minimum Gasteiger partial charge on any atom is -0.360 e. The molecule has 1 aromatic carbocycles. The molecule has 2 aliphatic rings. The number of amides is 1. The fourth-order valence-corrected chi connectivity index (χ4v) is 6.58. The highest BCUT2D eigenvalue weighted by molar-refractivity contribution is 7.90. The Bertz CT molecular complexity index is 1580. The molecule has 0 radical (unpaired) electrons. The molecule has 1 saturated heterocycles. The van der Waals surface area contributed by atoms with Crippen LogP contribution in [0.15, 0.2) is 77.9 Å². The highest BCUT2D eigenvalue weighted by Gasteiger charge is 2.32. The number of carbonyl (C=O) groups is 1. The summed E-state index contributed by atoms with van der Waals surface area (Å²) in [6.07, 6.45) is 8.03. The Morgan fingerprint density at radius 1 is 0.971 bits per heavy atom. The highest BCUT2D eigenvalue weighted by Crippen LogP contribution is 2.40. The zero-order chi connectivity index (χ0) is 23.3. The number of pyridine rings is 2. The molecule has 0 saturated carbocycles. The lowest BCUT2D eigenvalue weighted by Crippen LogP contribution is -2.36. The molecular weight excluding hydrogens is 448 g/mol. The summed E-state index contributed by atoms with van der Waals surface area (Å²) in [5.74, 6) is -0.114. The van der Waals surface area contributed by atoms with Crippen LogP contribution in [0.3, 0.4) is 0 Å². The number of sulfone groups is 1. The minimum absolute atomic E-state index is 0.0458. The SMILES string of the molecule is O=C(c1cncc2cc[nH]c12)N1CCC(=C2c3ccccc3CS(=O)(=O)c3ncccc32)CC1. The molecule has 4 aromatic rings. The Morgan fingerprint density at radius 2 is 1.76 bits per heavy atom. The molecule has 5 heterocycles. The first-order valence-electron chi connectivity index (χ1n) is 11.2. The van der Waals surface area contributed by atoms with Crippen LogP contribution in [0.2, 0.25) is 0 Å². The molecule has 3 aromatic heterocycles. The van der Waals surface area contributed by atoms with E-state index in [1.54, 1.807) is 18.5 Å². The van der Waals surface area contributed by atoms with Gasteiger partial charge in [-0.05, 0) is 47.7 Å². The lowest BCUT2D eigenvalue weighted by atomic mass is 9.87. The van der Waals surface area contributed by atoms with Gasteiger partial charge in [-0.2, -0.15) is 0 Å². The molecule has 0 unspecified atom stereocenters. The molecular formula is C26H22N4O3S. The third kappa shape index (κ3) is 3.33. The number of piperidine rings is 1. The fourth-order valence-electron chi connectivity index (χ4n) is 5.06. The van der Waals surface area contributed by atoms with Crippen molar-refractivity contribution in [3.8, 4) is 0 Å². The van der Waals surface area contributed by atoms with Gasteiger partial charge in [0.05, 0.1) is 16.8 Å². The van der Waals surface area contributed by atoms with Crippen LogP contribution < -0.4 is 0 Å². The van der Waals surface area contributed by atoms with Gasteiger partial charge in [0, 0.05) is 48.8 Å². The van der Waals surface area contributed by atoms with Crippen molar-refractivity contribution < 1.29 is 13.2 Å². The van der Waals surface area contributed by atoms with E-state index in [1.165, 1.54) is 6.20 Å². The van der Waals surface area contributed by atoms with Crippen molar-refractivity contribution in [2.45, 2.75) is 23.6 Å². The minimum atomic E-state index is -3.56. The summed E-state index contributed by atoms with van der Waals surface area (Å²) in [7, 11) is -3.56. The summed E-state index contributed by atoms with van der Waals surface area (Å²) in [6.45, 7) is 1.11. The number of likely N-dealkylation sites (tertiary alicyclic amines) is 1. The number of hydrogen-bond acceptors (Lipinski definition) is 5. The lowest BCUT2D eigenvalue weighted by molar-refractivity contribution is 0.0745. The molecule has 170 valence electrons. The van der Waals surface area contributed by atoms with Crippen molar-refractivity contribution in [1.82, 2.24) is 19.9 Å². The van der Waals surface area contributed by atoms with E-state index in [0.29, 0.717) is 37.1 Å². The quantitative estimate of drug-likeness (QED) is 0.454. The first-order chi connectivity index (χ1) is 16.5. The monoisotopic (exact) mass is 470 g/mol. The first kappa shape index (κ1) is 20.8. The second kappa shape index (κ2) is 7.92. The van der Waals surface area contributed by atoms with Crippen LogP contribution in [0.4, 0.5) is 0 Å². The van der Waals surface area contributed by atoms with Crippen molar-refractivity contribution in [3.63, 3.8) is 0 Å². The number of carbonyl (C=O) groups excluding carboxylic acids is 1. The predicted octanol–water partition coefficient (Wildman–Crippen LogP) is 3.98. The number of aromatic amines is 1. The van der Waals surface area contributed by atoms with Gasteiger partial charge in [-0.1, -0.05) is 29.8 Å². The number of benzene rings is 1. The molecule has 6 rings (SSSR count). The van der Waals surface area contributed by atoms with E-state index in [2.05, 4.69) is 15.0 Å². The molecule has 34 heavy (non-hydrogen) atoms. The smallest absolute Gasteiger partial charge is 0.257 e. The van der Waals surface area contributed by atoms with Crippen LogP contribution in [0.25, 0.3) is 16.5 Å². The van der Waals surface area contributed by atoms with Gasteiger partial charge in [0.25, 0.3) is 5.91 Å². The summed E-state index contributed by atoms with van der Waals surface area (Å²) in [4.78, 5) is 26.8. The number of aromatic nitrogens is 3. The van der Waals surface area contributed by atoms with Crippen molar-refractivity contribution in [2.75, 3.05) is 13.1 Å². The number of H-pyrrole nitrogens is 1. The van der Waals surface area contributed by atoms with Crippen LogP contribution in [0.5, 0.6) is 0 Å². The number of nitrogens with one attached hydrogen (secondary N) is 1. The Morgan fingerprint density at radius 3 is 2.62 bits per heavy atom. The summed E-state index contributed by atoms with van der Waals surface area (Å²) < 4.78 is 26.2. The van der Waals surface area contributed by atoms with E-state index in [0.717, 1.165) is 33.2 Å². The summed E-state index contributed by atoms with van der Waals surface area (Å²) in [5.41, 5.74) is 5.84. The second-order valence-electron chi connectivity index (χ2n) is 8.67. The highest BCUT2D eigenvalue weighted by atomic mass is 32.2. The molecule has 0 spiro atoms. The maximum absolute atomic E-state index is 13.3. The van der Waals surface area contributed by atoms with Gasteiger partial charge in [0.2, 0.25) is 0 Å². The Balaban J connectivity index is 1.39. The number of nitrogens with zero attached hydrogens (tertiary/aromatic N) is 3. The number of fused-ring (bicyclic) bond motifs is 3. The molecule has 1 amide bonds. The van der Waals surface area contributed by atoms with Gasteiger partial charge < -0.3 is 9.88 Å². The van der Waals surface area contributed by atoms with Gasteiger partial charge in [-0.15, -0.1) is 0 Å². The Hall–Kier alpha value is -3.78. The van der Waals surface area contributed by atoms with Crippen molar-refractivity contribution >= 4 is 32.2 Å². The molecule has 0 aliphatic carbocycles. The fraction of sp³-hybridized carbons (Fsp3) is 0.192. The summed E-state index contributed by atoms with van der Waals surface area (Å²) in [6, 6.07) is 13.2. The second-order valence-corrected chi connectivity index (χ2v) is 10.6. The normalized spacial score (nSPS) is 17.2. The van der Waals surface area contributed by atoms with Gasteiger partial charge in [-0.25, -0.2) is 13.4 Å². The van der Waals surface area contributed by atoms with Crippen molar-refractivity contribution in [1.29, 1.82) is 0 Å². The van der Waals surface area contributed by atoms with E-state index in [-0.39, 0.29) is 16.7 Å². The molecule has 1 fully saturated rings. The van der Waals surface area contributed by atoms with Crippen LogP contribution in [0, 0.1) is 0 Å². The van der Waals surface area contributed by atoms with E-state index in [9.17, 15) is 13.2 Å². The lowest BCUT2D eigenvalue weighted by Gasteiger charge is -2.30. The van der Waals surface area contributed by atoms with E-state index in [4.69, 9.17) is 0 Å². The van der Waals surface area contributed by atoms with E-state index >= 15 is 0 Å². The predicted molar refractivity (Wildman–Crippen MR) is 129 cm³/mol. The molecule has 7 nitrogen and oxygen atoms in total. The Kier molecular flexibility index (Phi) is 4.84. The van der Waals surface area contributed by atoms with Crippen LogP contribution >= 0.6 is 0 Å². The van der Waals surface area contributed by atoms with Crippen molar-refractivity contribution in [3.05, 3.63) is 95.1 Å². The maximum Gasteiger partial charge on any atom is 0.257 e. The number of rotatable bonds is 1. The standard InChI is InChI=1S/C26H22N4O3S/c31-26(22-15-27-14-18-7-11-28-24(18)22)30-12-8-17(9-13-30)23-20-5-2-1-4-19(20)16-34(32,33)25-21(23)6-3-10-29-25/h1-7,10-11,14-15,28H,8-9,12-13,16H2. The average molecular weight is 471 g/mol. The molecule has 1 N–H and O–H groups in total. The third-order valence-corrected chi connectivity index (χ3v) is 8.28. The number of hydrogen-bond donors (Lipinski definition) is 1. The molecule has 2 aliphatic heterocycles. The first-order valence-corrected chi connectivity index (χ1v) is 12.9. The van der Waals surface area contributed by atoms with E-state index in [1.807, 2.05) is 47.5 Å². The van der Waals surface area contributed by atoms with Gasteiger partial charge in [0.15, 0.2) is 14.9 Å². The maximum atomic E-state index is 13.3. The van der Waals surface area contributed by atoms with Gasteiger partial charge >= 0.3 is 0 Å². The topological polar surface area (TPSA) is 96.0 Å². The molecule has 8 heteroatoms. The Labute approximate surface area is 197 Å². The zero-order valence-electron chi connectivity index (χ0n) is 18.4. The van der Waals surface area contributed by atoms with Crippen LogP contribution in [-0.2, 0) is 15.6 Å².